The molecular weight excluding hydrogens is 512 g/mol. The van der Waals surface area contributed by atoms with Crippen molar-refractivity contribution < 1.29 is 9.59 Å². The first-order chi connectivity index (χ1) is 19.1. The van der Waals surface area contributed by atoms with E-state index in [1.165, 1.54) is 5.56 Å². The molecule has 5 aromatic rings. The third-order valence-electron chi connectivity index (χ3n) is 7.05. The van der Waals surface area contributed by atoms with Crippen LogP contribution in [0.4, 0.5) is 0 Å². The average molecular weight is 549 g/mol. The summed E-state index contributed by atoms with van der Waals surface area (Å²) in [6.45, 7) is 14.6. The predicted molar refractivity (Wildman–Crippen MR) is 169 cm³/mol. The highest BCUT2D eigenvalue weighted by molar-refractivity contribution is 7.24. The molecule has 1 heterocycles. The van der Waals surface area contributed by atoms with E-state index in [-0.39, 0.29) is 22.4 Å². The summed E-state index contributed by atoms with van der Waals surface area (Å²) < 4.78 is 2.21. The molecule has 0 radical (unpaired) electrons. The number of carbonyl (C=O) groups is 2. The summed E-state index contributed by atoms with van der Waals surface area (Å²) >= 11 is 1.72. The molecule has 0 unspecified atom stereocenters. The second-order valence-electron chi connectivity index (χ2n) is 11.0. The van der Waals surface area contributed by atoms with Gasteiger partial charge in [-0.25, -0.2) is 0 Å². The van der Waals surface area contributed by atoms with E-state index in [4.69, 9.17) is 0 Å². The number of carbonyl (C=O) groups excluding carboxylic acids is 2. The van der Waals surface area contributed by atoms with Crippen molar-refractivity contribution in [1.82, 2.24) is 0 Å². The molecule has 1 aliphatic rings. The number of rotatable bonds is 1. The second-order valence-corrected chi connectivity index (χ2v) is 12.1. The Hall–Kier alpha value is -3.89. The molecule has 0 aliphatic heterocycles. The molecule has 40 heavy (non-hydrogen) atoms. The van der Waals surface area contributed by atoms with Crippen LogP contribution in [0.2, 0.25) is 0 Å². The fraction of sp³-hybridized carbons (Fsp3) is 0.250. The molecule has 3 nitrogen and oxygen atoms in total. The summed E-state index contributed by atoms with van der Waals surface area (Å²) in [5.41, 5.74) is 4.50. The van der Waals surface area contributed by atoms with Crippen molar-refractivity contribution in [1.29, 1.82) is 0 Å². The molecule has 4 aromatic carbocycles. The summed E-state index contributed by atoms with van der Waals surface area (Å²) in [5, 5.41) is 1.68. The van der Waals surface area contributed by atoms with E-state index in [9.17, 15) is 14.4 Å². The smallest absolute Gasteiger partial charge is 0.195 e. The predicted octanol–water partition coefficient (Wildman–Crippen LogP) is 9.32. The highest BCUT2D eigenvalue weighted by Gasteiger charge is 2.30. The quantitative estimate of drug-likeness (QED) is 0.192. The molecule has 0 bridgehead atoms. The Kier molecular flexibility index (Phi) is 8.51. The standard InChI is InChI=1S/C18H16O2.C16H14OS.C2H6/c1-18(2,3)11-8-9-14-15(10-11)17(20)13-7-5-4-6-12(13)16(14)19;1-10(2)11-7-5-8-13-15(17)12-6-3-4-9-14(12)18-16(11)13;1-2/h4-10H,1-3H3;3-10H,1-2H3;1-2H3. The van der Waals surface area contributed by atoms with E-state index in [1.54, 1.807) is 41.7 Å². The first-order valence-corrected chi connectivity index (χ1v) is 14.7. The van der Waals surface area contributed by atoms with E-state index in [1.807, 2.05) is 62.4 Å². The van der Waals surface area contributed by atoms with Gasteiger partial charge in [0.25, 0.3) is 0 Å². The number of fused-ring (bicyclic) bond motifs is 4. The maximum atomic E-state index is 12.6. The minimum atomic E-state index is -0.0596. The van der Waals surface area contributed by atoms with Crippen LogP contribution in [0.1, 0.15) is 97.4 Å². The molecule has 1 aliphatic carbocycles. The fourth-order valence-electron chi connectivity index (χ4n) is 4.87. The van der Waals surface area contributed by atoms with Crippen LogP contribution < -0.4 is 5.43 Å². The zero-order valence-electron chi connectivity index (χ0n) is 24.3. The summed E-state index contributed by atoms with van der Waals surface area (Å²) in [7, 11) is 0. The van der Waals surface area contributed by atoms with Gasteiger partial charge in [-0.3, -0.25) is 14.4 Å². The fourth-order valence-corrected chi connectivity index (χ4v) is 6.20. The molecule has 6 rings (SSSR count). The van der Waals surface area contributed by atoms with Crippen molar-refractivity contribution in [3.8, 4) is 0 Å². The van der Waals surface area contributed by atoms with Crippen LogP contribution >= 0.6 is 11.3 Å². The van der Waals surface area contributed by atoms with Crippen LogP contribution in [0.25, 0.3) is 20.2 Å². The maximum Gasteiger partial charge on any atom is 0.195 e. The SMILES string of the molecule is CC.CC(C)(C)c1ccc2c(c1)C(=O)c1ccccc1C2=O.CC(C)c1cccc2c(=O)c3ccccc3sc12. The van der Waals surface area contributed by atoms with Gasteiger partial charge in [0.05, 0.1) is 0 Å². The van der Waals surface area contributed by atoms with Crippen molar-refractivity contribution in [3.63, 3.8) is 0 Å². The molecule has 0 N–H and O–H groups in total. The van der Waals surface area contributed by atoms with Crippen LogP contribution in [-0.4, -0.2) is 11.6 Å². The minimum absolute atomic E-state index is 0.0463. The molecule has 0 fully saturated rings. The van der Waals surface area contributed by atoms with Gasteiger partial charge >= 0.3 is 0 Å². The third kappa shape index (κ3) is 5.41. The van der Waals surface area contributed by atoms with Crippen molar-refractivity contribution in [2.75, 3.05) is 0 Å². The largest absolute Gasteiger partial charge is 0.289 e. The summed E-state index contributed by atoms with van der Waals surface area (Å²) in [6, 6.07) is 26.5. The van der Waals surface area contributed by atoms with E-state index in [0.717, 1.165) is 25.7 Å². The van der Waals surface area contributed by atoms with Gasteiger partial charge < -0.3 is 0 Å². The minimum Gasteiger partial charge on any atom is -0.289 e. The number of hydrogen-bond donors (Lipinski definition) is 0. The Morgan fingerprint density at radius 2 is 1.18 bits per heavy atom. The summed E-state index contributed by atoms with van der Waals surface area (Å²) in [6.07, 6.45) is 0. The number of hydrogen-bond acceptors (Lipinski definition) is 4. The summed E-state index contributed by atoms with van der Waals surface area (Å²) in [5.74, 6) is 0.322. The molecule has 0 spiro atoms. The third-order valence-corrected chi connectivity index (χ3v) is 8.28. The molecule has 0 saturated carbocycles. The molecule has 204 valence electrons. The molecule has 4 heteroatoms. The van der Waals surface area contributed by atoms with Crippen LogP contribution in [0.5, 0.6) is 0 Å². The summed E-state index contributed by atoms with van der Waals surface area (Å²) in [4.78, 5) is 37.5. The lowest BCUT2D eigenvalue weighted by molar-refractivity contribution is 0.0979. The van der Waals surface area contributed by atoms with E-state index in [0.29, 0.717) is 28.2 Å². The highest BCUT2D eigenvalue weighted by atomic mass is 32.1. The Labute approximate surface area is 240 Å². The lowest BCUT2D eigenvalue weighted by Gasteiger charge is -2.23. The van der Waals surface area contributed by atoms with Gasteiger partial charge in [0.15, 0.2) is 17.0 Å². The Bertz CT molecular complexity index is 1780. The topological polar surface area (TPSA) is 51.2 Å². The van der Waals surface area contributed by atoms with Gasteiger partial charge in [-0.05, 0) is 52.8 Å². The van der Waals surface area contributed by atoms with E-state index >= 15 is 0 Å². The van der Waals surface area contributed by atoms with E-state index < -0.39 is 0 Å². The number of ketones is 2. The Balaban J connectivity index is 0.000000175. The van der Waals surface area contributed by atoms with Gasteiger partial charge in [0, 0.05) is 42.4 Å². The van der Waals surface area contributed by atoms with Crippen molar-refractivity contribution in [2.24, 2.45) is 0 Å². The Morgan fingerprint density at radius 1 is 0.625 bits per heavy atom. The maximum absolute atomic E-state index is 12.6. The van der Waals surface area contributed by atoms with Crippen molar-refractivity contribution >= 4 is 43.1 Å². The Morgan fingerprint density at radius 3 is 1.80 bits per heavy atom. The van der Waals surface area contributed by atoms with E-state index in [2.05, 4.69) is 40.7 Å². The molecule has 0 amide bonds. The lowest BCUT2D eigenvalue weighted by atomic mass is 9.79. The first-order valence-electron chi connectivity index (χ1n) is 13.9. The highest BCUT2D eigenvalue weighted by Crippen LogP contribution is 2.32. The molecule has 1 aromatic heterocycles. The normalized spacial score (nSPS) is 12.3. The monoisotopic (exact) mass is 548 g/mol. The van der Waals surface area contributed by atoms with Gasteiger partial charge in [-0.15, -0.1) is 11.3 Å². The average Bonchev–Trinajstić information content (AvgIpc) is 2.96. The van der Waals surface area contributed by atoms with Crippen molar-refractivity contribution in [2.45, 2.75) is 59.8 Å². The van der Waals surface area contributed by atoms with Gasteiger partial charge in [-0.1, -0.05) is 103 Å². The van der Waals surface area contributed by atoms with Crippen molar-refractivity contribution in [3.05, 3.63) is 129 Å². The van der Waals surface area contributed by atoms with Crippen LogP contribution in [0.3, 0.4) is 0 Å². The van der Waals surface area contributed by atoms with Gasteiger partial charge in [0.2, 0.25) is 0 Å². The van der Waals surface area contributed by atoms with Gasteiger partial charge in [0.1, 0.15) is 0 Å². The molecule has 0 atom stereocenters. The first kappa shape index (κ1) is 29.1. The lowest BCUT2D eigenvalue weighted by Crippen LogP contribution is -2.22. The number of benzene rings is 4. The second kappa shape index (κ2) is 11.7. The van der Waals surface area contributed by atoms with Crippen LogP contribution in [-0.2, 0) is 5.41 Å². The van der Waals surface area contributed by atoms with Gasteiger partial charge in [-0.2, -0.15) is 0 Å². The molecular formula is C36H36O3S. The van der Waals surface area contributed by atoms with Crippen LogP contribution in [0, 0.1) is 0 Å². The molecule has 0 saturated heterocycles. The zero-order valence-corrected chi connectivity index (χ0v) is 25.1. The van der Waals surface area contributed by atoms with Crippen LogP contribution in [0.15, 0.2) is 89.7 Å². The zero-order chi connectivity index (χ0) is 29.2.